The van der Waals surface area contributed by atoms with E-state index < -0.39 is 15.9 Å². The van der Waals surface area contributed by atoms with E-state index in [0.29, 0.717) is 16.4 Å². The summed E-state index contributed by atoms with van der Waals surface area (Å²) >= 11 is 1.34. The van der Waals surface area contributed by atoms with Gasteiger partial charge >= 0.3 is 0 Å². The Kier molecular flexibility index (Phi) is 7.57. The Bertz CT molecular complexity index is 1200. The lowest BCUT2D eigenvalue weighted by atomic mass is 10.3. The van der Waals surface area contributed by atoms with E-state index in [1.54, 1.807) is 24.5 Å². The number of benzene rings is 1. The molecular formula is C21H21N5O4S2. The highest BCUT2D eigenvalue weighted by Crippen LogP contribution is 2.25. The van der Waals surface area contributed by atoms with Crippen molar-refractivity contribution in [2.75, 3.05) is 24.2 Å². The van der Waals surface area contributed by atoms with Crippen LogP contribution < -0.4 is 10.6 Å². The third-order valence-corrected chi connectivity index (χ3v) is 6.82. The Morgan fingerprint density at radius 2 is 1.66 bits per heavy atom. The molecule has 0 atom stereocenters. The predicted octanol–water partition coefficient (Wildman–Crippen LogP) is 2.85. The lowest BCUT2D eigenvalue weighted by Crippen LogP contribution is -2.35. The van der Waals surface area contributed by atoms with Crippen LogP contribution in [0.4, 0.5) is 11.4 Å². The lowest BCUT2D eigenvalue weighted by Gasteiger charge is -2.17. The van der Waals surface area contributed by atoms with Gasteiger partial charge in [0.2, 0.25) is 21.8 Å². The van der Waals surface area contributed by atoms with E-state index in [0.717, 1.165) is 9.33 Å². The average Bonchev–Trinajstić information content (AvgIpc) is 2.74. The number of nitrogens with zero attached hydrogens (tertiary/aromatic N) is 3. The standard InChI is InChI=1S/C21H21N5O4S2/c1-15(27)24-16-6-8-18(9-7-16)32(29,30)26(2)14-19(28)25-17-10-12-23-21(13-17)31-20-5-3-4-11-22-20/h3-13H,14H2,1-2H3,(H,24,27)(H,23,25,28). The van der Waals surface area contributed by atoms with Gasteiger partial charge in [0.1, 0.15) is 10.1 Å². The van der Waals surface area contributed by atoms with Crippen LogP contribution in [0.3, 0.4) is 0 Å². The molecule has 0 saturated heterocycles. The van der Waals surface area contributed by atoms with Crippen LogP contribution in [0.1, 0.15) is 6.92 Å². The molecule has 0 aliphatic heterocycles. The molecular weight excluding hydrogens is 450 g/mol. The molecule has 0 aliphatic carbocycles. The molecule has 3 rings (SSSR count). The maximum atomic E-state index is 12.7. The van der Waals surface area contributed by atoms with Crippen molar-refractivity contribution in [3.05, 3.63) is 67.0 Å². The van der Waals surface area contributed by atoms with Crippen molar-refractivity contribution in [3.8, 4) is 0 Å². The third kappa shape index (κ3) is 6.36. The van der Waals surface area contributed by atoms with E-state index in [9.17, 15) is 18.0 Å². The van der Waals surface area contributed by atoms with Gasteiger partial charge in [0, 0.05) is 37.7 Å². The first-order valence-electron chi connectivity index (χ1n) is 9.43. The maximum Gasteiger partial charge on any atom is 0.243 e. The highest BCUT2D eigenvalue weighted by Gasteiger charge is 2.23. The van der Waals surface area contributed by atoms with Crippen LogP contribution in [0.15, 0.2) is 81.9 Å². The smallest absolute Gasteiger partial charge is 0.243 e. The topological polar surface area (TPSA) is 121 Å². The molecule has 0 saturated carbocycles. The first-order chi connectivity index (χ1) is 15.2. The summed E-state index contributed by atoms with van der Waals surface area (Å²) in [5.74, 6) is -0.752. The van der Waals surface area contributed by atoms with Gasteiger partial charge in [-0.2, -0.15) is 4.31 Å². The Morgan fingerprint density at radius 1 is 0.938 bits per heavy atom. The molecule has 11 heteroatoms. The summed E-state index contributed by atoms with van der Waals surface area (Å²) in [6.07, 6.45) is 3.23. The summed E-state index contributed by atoms with van der Waals surface area (Å²) in [7, 11) is -2.56. The summed E-state index contributed by atoms with van der Waals surface area (Å²) in [6, 6.07) is 14.6. The van der Waals surface area contributed by atoms with Gasteiger partial charge in [-0.1, -0.05) is 17.8 Å². The Labute approximate surface area is 190 Å². The van der Waals surface area contributed by atoms with Crippen LogP contribution in [-0.4, -0.2) is 48.1 Å². The Morgan fingerprint density at radius 3 is 2.31 bits per heavy atom. The third-order valence-electron chi connectivity index (χ3n) is 4.11. The van der Waals surface area contributed by atoms with Gasteiger partial charge in [0.15, 0.2) is 0 Å². The fourth-order valence-electron chi connectivity index (χ4n) is 2.64. The Balaban J connectivity index is 1.62. The van der Waals surface area contributed by atoms with E-state index in [1.807, 2.05) is 18.2 Å². The normalized spacial score (nSPS) is 11.2. The molecule has 0 bridgehead atoms. The van der Waals surface area contributed by atoms with Crippen molar-refractivity contribution in [1.82, 2.24) is 14.3 Å². The number of hydrogen-bond acceptors (Lipinski definition) is 7. The molecule has 2 aromatic heterocycles. The highest BCUT2D eigenvalue weighted by molar-refractivity contribution is 7.99. The van der Waals surface area contributed by atoms with Gasteiger partial charge in [0.05, 0.1) is 11.4 Å². The first-order valence-corrected chi connectivity index (χ1v) is 11.7. The van der Waals surface area contributed by atoms with E-state index in [-0.39, 0.29) is 17.3 Å². The van der Waals surface area contributed by atoms with Crippen LogP contribution in [0.2, 0.25) is 0 Å². The van der Waals surface area contributed by atoms with E-state index in [4.69, 9.17) is 0 Å². The maximum absolute atomic E-state index is 12.7. The largest absolute Gasteiger partial charge is 0.326 e. The minimum atomic E-state index is -3.89. The number of aromatic nitrogens is 2. The molecule has 2 N–H and O–H groups in total. The Hall–Kier alpha value is -3.28. The van der Waals surface area contributed by atoms with Crippen LogP contribution >= 0.6 is 11.8 Å². The molecule has 0 unspecified atom stereocenters. The molecule has 3 aromatic rings. The summed E-state index contributed by atoms with van der Waals surface area (Å²) < 4.78 is 26.5. The zero-order valence-electron chi connectivity index (χ0n) is 17.3. The molecule has 2 heterocycles. The molecule has 9 nitrogen and oxygen atoms in total. The fourth-order valence-corrected chi connectivity index (χ4v) is 4.54. The van der Waals surface area contributed by atoms with E-state index in [2.05, 4.69) is 20.6 Å². The second-order valence-corrected chi connectivity index (χ2v) is 9.75. The minimum absolute atomic E-state index is 0.0138. The molecule has 32 heavy (non-hydrogen) atoms. The van der Waals surface area contributed by atoms with Gasteiger partial charge < -0.3 is 10.6 Å². The van der Waals surface area contributed by atoms with Crippen LogP contribution in [-0.2, 0) is 19.6 Å². The van der Waals surface area contributed by atoms with Crippen LogP contribution in [0, 0.1) is 0 Å². The van der Waals surface area contributed by atoms with Crippen molar-refractivity contribution in [1.29, 1.82) is 0 Å². The molecule has 1 aromatic carbocycles. The van der Waals surface area contributed by atoms with Gasteiger partial charge in [-0.05, 0) is 48.5 Å². The zero-order valence-corrected chi connectivity index (χ0v) is 19.0. The number of carbonyl (C=O) groups is 2. The molecule has 0 aliphatic rings. The molecule has 166 valence electrons. The van der Waals surface area contributed by atoms with Gasteiger partial charge in [0.25, 0.3) is 0 Å². The average molecular weight is 472 g/mol. The zero-order chi connectivity index (χ0) is 23.1. The fraction of sp³-hybridized carbons (Fsp3) is 0.143. The predicted molar refractivity (Wildman–Crippen MR) is 122 cm³/mol. The highest BCUT2D eigenvalue weighted by atomic mass is 32.2. The number of pyridine rings is 2. The van der Waals surface area contributed by atoms with E-state index >= 15 is 0 Å². The molecule has 0 radical (unpaired) electrons. The number of amides is 2. The molecule has 0 spiro atoms. The monoisotopic (exact) mass is 471 g/mol. The van der Waals surface area contributed by atoms with Crippen molar-refractivity contribution in [2.45, 2.75) is 21.9 Å². The molecule has 2 amide bonds. The number of nitrogens with one attached hydrogen (secondary N) is 2. The van der Waals surface area contributed by atoms with Crippen molar-refractivity contribution in [2.24, 2.45) is 0 Å². The van der Waals surface area contributed by atoms with Gasteiger partial charge in [-0.15, -0.1) is 0 Å². The van der Waals surface area contributed by atoms with Crippen LogP contribution in [0.5, 0.6) is 0 Å². The number of likely N-dealkylation sites (N-methyl/N-ethyl adjacent to an activating group) is 1. The van der Waals surface area contributed by atoms with Crippen molar-refractivity contribution in [3.63, 3.8) is 0 Å². The van der Waals surface area contributed by atoms with Crippen molar-refractivity contribution < 1.29 is 18.0 Å². The number of carbonyl (C=O) groups excluding carboxylic acids is 2. The number of anilines is 2. The number of sulfonamides is 1. The summed E-state index contributed by atoms with van der Waals surface area (Å²) in [4.78, 5) is 32.0. The lowest BCUT2D eigenvalue weighted by molar-refractivity contribution is -0.116. The van der Waals surface area contributed by atoms with E-state index in [1.165, 1.54) is 50.0 Å². The SMILES string of the molecule is CC(=O)Nc1ccc(S(=O)(=O)N(C)CC(=O)Nc2ccnc(Sc3ccccn3)c2)cc1. The number of rotatable bonds is 8. The first kappa shape index (κ1) is 23.4. The summed E-state index contributed by atoms with van der Waals surface area (Å²) in [5.41, 5.74) is 0.975. The minimum Gasteiger partial charge on any atom is -0.326 e. The van der Waals surface area contributed by atoms with Gasteiger partial charge in [-0.25, -0.2) is 18.4 Å². The summed E-state index contributed by atoms with van der Waals surface area (Å²) in [6.45, 7) is 0.987. The van der Waals surface area contributed by atoms with Crippen molar-refractivity contribution >= 4 is 45.0 Å². The van der Waals surface area contributed by atoms with Crippen LogP contribution in [0.25, 0.3) is 0 Å². The molecule has 0 fully saturated rings. The quantitative estimate of drug-likeness (QED) is 0.518. The van der Waals surface area contributed by atoms with Gasteiger partial charge in [-0.3, -0.25) is 9.59 Å². The second-order valence-electron chi connectivity index (χ2n) is 6.67. The summed E-state index contributed by atoms with van der Waals surface area (Å²) in [5, 5.41) is 6.66. The number of hydrogen-bond donors (Lipinski definition) is 2. The second kappa shape index (κ2) is 10.4.